The zero-order valence-corrected chi connectivity index (χ0v) is 13.5. The fourth-order valence-corrected chi connectivity index (χ4v) is 2.66. The molecule has 1 aromatic rings. The van der Waals surface area contributed by atoms with Crippen LogP contribution in [0, 0.1) is 11.5 Å². The summed E-state index contributed by atoms with van der Waals surface area (Å²) in [6.07, 6.45) is 6.46. The van der Waals surface area contributed by atoms with Crippen LogP contribution >= 0.6 is 0 Å². The normalized spacial score (nSPS) is 15.9. The molecule has 1 fully saturated rings. The second kappa shape index (κ2) is 9.70. The highest BCUT2D eigenvalue weighted by Crippen LogP contribution is 2.17. The Hall–Kier alpha value is -2.26. The average molecular weight is 315 g/mol. The van der Waals surface area contributed by atoms with Crippen LogP contribution in [0.3, 0.4) is 0 Å². The number of rotatable bonds is 7. The molecule has 1 saturated heterocycles. The Morgan fingerprint density at radius 3 is 2.96 bits per heavy atom. The van der Waals surface area contributed by atoms with E-state index in [-0.39, 0.29) is 5.96 Å². The Bertz CT molecular complexity index is 546. The van der Waals surface area contributed by atoms with Gasteiger partial charge in [0, 0.05) is 19.5 Å². The van der Waals surface area contributed by atoms with Crippen molar-refractivity contribution in [1.29, 1.82) is 5.26 Å². The van der Waals surface area contributed by atoms with Crippen molar-refractivity contribution in [1.82, 2.24) is 10.2 Å². The lowest BCUT2D eigenvalue weighted by Gasteiger charge is -2.26. The number of hydrogen-bond acceptors (Lipinski definition) is 4. The summed E-state index contributed by atoms with van der Waals surface area (Å²) in [7, 11) is 0. The number of hydrogen-bond donors (Lipinski definition) is 2. The summed E-state index contributed by atoms with van der Waals surface area (Å²) in [5.41, 5.74) is 6.75. The molecule has 1 heterocycles. The number of piperidine rings is 1. The number of nitrogens with one attached hydrogen (secondary N) is 1. The van der Waals surface area contributed by atoms with Gasteiger partial charge < -0.3 is 10.5 Å². The summed E-state index contributed by atoms with van der Waals surface area (Å²) in [6.45, 7) is 4.50. The van der Waals surface area contributed by atoms with E-state index in [1.165, 1.54) is 37.9 Å². The maximum Gasteiger partial charge on any atom is 0.202 e. The minimum absolute atomic E-state index is 0.149. The minimum atomic E-state index is 0.149. The van der Waals surface area contributed by atoms with Gasteiger partial charge >= 0.3 is 0 Å². The van der Waals surface area contributed by atoms with E-state index in [0.717, 1.165) is 18.7 Å². The van der Waals surface area contributed by atoms with E-state index in [1.807, 2.05) is 12.1 Å². The standard InChI is InChI=1S/C17H25N5O/c18-14-21-17(19)20-8-5-11-23-16-7-4-6-15(12-16)13-22-9-2-1-3-10-22/h4,6-7,12H,1-3,5,8-11,13H2,(H3,19,20,21). The molecule has 6 heteroatoms. The summed E-state index contributed by atoms with van der Waals surface area (Å²) in [5.74, 6) is 1.04. The first-order chi connectivity index (χ1) is 11.3. The van der Waals surface area contributed by atoms with Crippen molar-refractivity contribution in [3.8, 4) is 11.9 Å². The van der Waals surface area contributed by atoms with Gasteiger partial charge in [0.15, 0.2) is 6.19 Å². The molecule has 124 valence electrons. The number of guanidine groups is 1. The van der Waals surface area contributed by atoms with Crippen molar-refractivity contribution in [2.75, 3.05) is 26.2 Å². The molecule has 3 N–H and O–H groups in total. The monoisotopic (exact) mass is 315 g/mol. The van der Waals surface area contributed by atoms with Crippen molar-refractivity contribution in [2.24, 2.45) is 10.7 Å². The predicted molar refractivity (Wildman–Crippen MR) is 90.9 cm³/mol. The largest absolute Gasteiger partial charge is 0.494 e. The molecule has 23 heavy (non-hydrogen) atoms. The van der Waals surface area contributed by atoms with Crippen LogP contribution in [0.1, 0.15) is 31.2 Å². The topological polar surface area (TPSA) is 86.7 Å². The van der Waals surface area contributed by atoms with E-state index in [9.17, 15) is 0 Å². The first kappa shape index (κ1) is 17.1. The van der Waals surface area contributed by atoms with Gasteiger partial charge in [0.05, 0.1) is 6.61 Å². The molecule has 2 rings (SSSR count). The van der Waals surface area contributed by atoms with E-state index in [2.05, 4.69) is 27.3 Å². The Labute approximate surface area is 137 Å². The molecule has 0 amide bonds. The minimum Gasteiger partial charge on any atom is -0.494 e. The molecule has 6 nitrogen and oxygen atoms in total. The third-order valence-electron chi connectivity index (χ3n) is 3.79. The molecule has 1 aromatic carbocycles. The van der Waals surface area contributed by atoms with Crippen LogP contribution in [-0.2, 0) is 6.54 Å². The molecule has 0 bridgehead atoms. The van der Waals surface area contributed by atoms with Gasteiger partial charge in [-0.3, -0.25) is 15.2 Å². The van der Waals surface area contributed by atoms with Gasteiger partial charge in [-0.1, -0.05) is 18.6 Å². The fraction of sp³-hybridized carbons (Fsp3) is 0.529. The molecule has 0 spiro atoms. The molecule has 1 aliphatic heterocycles. The Kier molecular flexibility index (Phi) is 7.21. The highest BCUT2D eigenvalue weighted by atomic mass is 16.5. The van der Waals surface area contributed by atoms with E-state index >= 15 is 0 Å². The molecular formula is C17H25N5O. The van der Waals surface area contributed by atoms with Gasteiger partial charge in [0.1, 0.15) is 5.75 Å². The van der Waals surface area contributed by atoms with E-state index in [4.69, 9.17) is 15.7 Å². The molecule has 0 aliphatic carbocycles. The third kappa shape index (κ3) is 6.57. The highest BCUT2D eigenvalue weighted by Gasteiger charge is 2.10. The number of nitrogens with zero attached hydrogens (tertiary/aromatic N) is 3. The molecule has 0 radical (unpaired) electrons. The lowest BCUT2D eigenvalue weighted by atomic mass is 10.1. The van der Waals surface area contributed by atoms with Crippen molar-refractivity contribution in [2.45, 2.75) is 32.2 Å². The Morgan fingerprint density at radius 2 is 2.17 bits per heavy atom. The van der Waals surface area contributed by atoms with Gasteiger partial charge in [-0.25, -0.2) is 0 Å². The Balaban J connectivity index is 1.72. The number of aliphatic imine (C=N–C) groups is 1. The maximum atomic E-state index is 8.38. The number of likely N-dealkylation sites (tertiary alicyclic amines) is 1. The van der Waals surface area contributed by atoms with Crippen LogP contribution in [0.2, 0.25) is 0 Å². The van der Waals surface area contributed by atoms with Crippen molar-refractivity contribution in [3.63, 3.8) is 0 Å². The summed E-state index contributed by atoms with van der Waals surface area (Å²) in [5, 5.41) is 10.7. The molecule has 0 atom stereocenters. The zero-order chi connectivity index (χ0) is 16.3. The van der Waals surface area contributed by atoms with Crippen LogP contribution in [0.15, 0.2) is 29.3 Å². The smallest absolute Gasteiger partial charge is 0.202 e. The number of ether oxygens (including phenoxy) is 1. The summed E-state index contributed by atoms with van der Waals surface area (Å²) in [6, 6.07) is 8.29. The summed E-state index contributed by atoms with van der Waals surface area (Å²) in [4.78, 5) is 6.52. The second-order valence-corrected chi connectivity index (χ2v) is 5.69. The van der Waals surface area contributed by atoms with Gasteiger partial charge in [0.2, 0.25) is 5.96 Å². The maximum absolute atomic E-state index is 8.38. The summed E-state index contributed by atoms with van der Waals surface area (Å²) < 4.78 is 5.76. The van der Waals surface area contributed by atoms with Crippen molar-refractivity contribution < 1.29 is 4.74 Å². The SMILES string of the molecule is N#CNC(N)=NCCCOc1cccc(CN2CCCCC2)c1. The zero-order valence-electron chi connectivity index (χ0n) is 13.5. The van der Waals surface area contributed by atoms with Crippen molar-refractivity contribution >= 4 is 5.96 Å². The second-order valence-electron chi connectivity index (χ2n) is 5.69. The number of nitriles is 1. The molecule has 0 aromatic heterocycles. The number of nitrogens with two attached hydrogens (primary N) is 1. The lowest BCUT2D eigenvalue weighted by Crippen LogP contribution is -2.29. The molecule has 1 aliphatic rings. The number of benzene rings is 1. The van der Waals surface area contributed by atoms with Gasteiger partial charge in [0.25, 0.3) is 0 Å². The highest BCUT2D eigenvalue weighted by molar-refractivity contribution is 5.79. The quantitative estimate of drug-likeness (QED) is 0.263. The van der Waals surface area contributed by atoms with Crippen LogP contribution in [-0.4, -0.2) is 37.1 Å². The van der Waals surface area contributed by atoms with E-state index < -0.39 is 0 Å². The Morgan fingerprint density at radius 1 is 1.35 bits per heavy atom. The summed E-state index contributed by atoms with van der Waals surface area (Å²) >= 11 is 0. The molecular weight excluding hydrogens is 290 g/mol. The van der Waals surface area contributed by atoms with Crippen LogP contribution < -0.4 is 15.8 Å². The first-order valence-electron chi connectivity index (χ1n) is 8.17. The van der Waals surface area contributed by atoms with Gasteiger partial charge in [-0.15, -0.1) is 0 Å². The van der Waals surface area contributed by atoms with Crippen molar-refractivity contribution in [3.05, 3.63) is 29.8 Å². The van der Waals surface area contributed by atoms with E-state index in [1.54, 1.807) is 6.19 Å². The molecule has 0 saturated carbocycles. The van der Waals surface area contributed by atoms with Gasteiger partial charge in [-0.2, -0.15) is 5.26 Å². The molecule has 0 unspecified atom stereocenters. The third-order valence-corrected chi connectivity index (χ3v) is 3.79. The van der Waals surface area contributed by atoms with Crippen LogP contribution in [0.4, 0.5) is 0 Å². The van der Waals surface area contributed by atoms with Crippen LogP contribution in [0.25, 0.3) is 0 Å². The van der Waals surface area contributed by atoms with E-state index in [0.29, 0.717) is 13.2 Å². The lowest BCUT2D eigenvalue weighted by molar-refractivity contribution is 0.220. The first-order valence-corrected chi connectivity index (χ1v) is 8.17. The fourth-order valence-electron chi connectivity index (χ4n) is 2.66. The van der Waals surface area contributed by atoms with Gasteiger partial charge in [-0.05, 0) is 43.6 Å². The average Bonchev–Trinajstić information content (AvgIpc) is 2.56. The predicted octanol–water partition coefficient (Wildman–Crippen LogP) is 1.83. The van der Waals surface area contributed by atoms with Crippen LogP contribution in [0.5, 0.6) is 5.75 Å².